The summed E-state index contributed by atoms with van der Waals surface area (Å²) in [6, 6.07) is 5.31. The van der Waals surface area contributed by atoms with E-state index in [-0.39, 0.29) is 22.6 Å². The lowest BCUT2D eigenvalue weighted by molar-refractivity contribution is -0.141. The minimum absolute atomic E-state index is 0.0291. The number of rotatable bonds is 4. The van der Waals surface area contributed by atoms with Crippen LogP contribution >= 0.6 is 11.6 Å². The predicted molar refractivity (Wildman–Crippen MR) is 125 cm³/mol. The van der Waals surface area contributed by atoms with Crippen molar-refractivity contribution in [2.24, 2.45) is 11.0 Å². The molecule has 186 valence electrons. The number of hydrogen-bond acceptors (Lipinski definition) is 5. The molecule has 9 nitrogen and oxygen atoms in total. The van der Waals surface area contributed by atoms with Gasteiger partial charge in [-0.25, -0.2) is 14.5 Å². The molecule has 2 N–H and O–H groups in total. The number of imidazole rings is 1. The van der Waals surface area contributed by atoms with Crippen LogP contribution in [0.5, 0.6) is 0 Å². The first kappa shape index (κ1) is 22.8. The zero-order chi connectivity index (χ0) is 25.4. The molecule has 13 heteroatoms. The second-order valence-electron chi connectivity index (χ2n) is 9.51. The number of nitrogens with zero attached hydrogens (tertiary/aromatic N) is 5. The lowest BCUT2D eigenvalue weighted by atomic mass is 9.76. The van der Waals surface area contributed by atoms with Gasteiger partial charge in [-0.2, -0.15) is 23.4 Å². The van der Waals surface area contributed by atoms with Crippen molar-refractivity contribution in [3.8, 4) is 0 Å². The monoisotopic (exact) mass is 517 g/mol. The summed E-state index contributed by atoms with van der Waals surface area (Å²) in [7, 11) is 0. The van der Waals surface area contributed by atoms with E-state index in [0.717, 1.165) is 22.5 Å². The molecule has 0 radical (unpaired) electrons. The number of fused-ring (bicyclic) bond motifs is 2. The summed E-state index contributed by atoms with van der Waals surface area (Å²) < 4.78 is 41.8. The van der Waals surface area contributed by atoms with Crippen molar-refractivity contribution in [2.45, 2.75) is 43.8 Å². The quantitative estimate of drug-likeness (QED) is 0.431. The first-order valence-electron chi connectivity index (χ1n) is 11.2. The van der Waals surface area contributed by atoms with E-state index in [1.165, 1.54) is 6.20 Å². The van der Waals surface area contributed by atoms with Crippen molar-refractivity contribution < 1.29 is 13.2 Å². The van der Waals surface area contributed by atoms with Crippen LogP contribution in [0.4, 0.5) is 13.2 Å². The molecule has 0 spiro atoms. The van der Waals surface area contributed by atoms with Gasteiger partial charge in [-0.1, -0.05) is 24.6 Å². The van der Waals surface area contributed by atoms with Crippen molar-refractivity contribution in [2.75, 3.05) is 0 Å². The number of halogens is 4. The molecule has 1 aliphatic heterocycles. The Bertz CT molecular complexity index is 1660. The molecular weight excluding hydrogens is 499 g/mol. The van der Waals surface area contributed by atoms with Gasteiger partial charge in [-0.05, 0) is 36.0 Å². The second kappa shape index (κ2) is 7.66. The highest BCUT2D eigenvalue weighted by Gasteiger charge is 2.55. The molecule has 0 amide bonds. The van der Waals surface area contributed by atoms with E-state index >= 15 is 0 Å². The van der Waals surface area contributed by atoms with Crippen molar-refractivity contribution in [3.05, 3.63) is 79.7 Å². The van der Waals surface area contributed by atoms with Gasteiger partial charge in [-0.3, -0.25) is 14.5 Å². The summed E-state index contributed by atoms with van der Waals surface area (Å²) in [5.74, 6) is 0.898. The van der Waals surface area contributed by atoms with E-state index in [4.69, 9.17) is 11.6 Å². The normalized spacial score (nSPS) is 23.5. The molecule has 1 aromatic carbocycles. The third kappa shape index (κ3) is 3.67. The topological polar surface area (TPSA) is 114 Å². The van der Waals surface area contributed by atoms with Gasteiger partial charge in [0, 0.05) is 35.8 Å². The Hall–Kier alpha value is -3.67. The SMILES string of the molecule is CC1([C@H]2C[C@@H]2c2ccc3c(Cl)nn(CC(F)(F)F)c3c2)CC(c2c[nH]c(=O)[nH]c2=O)=Nn2ccnc21. The molecule has 0 saturated heterocycles. The minimum atomic E-state index is -4.43. The fourth-order valence-electron chi connectivity index (χ4n) is 5.39. The second-order valence-corrected chi connectivity index (χ2v) is 9.87. The molecule has 1 fully saturated rings. The van der Waals surface area contributed by atoms with Crippen LogP contribution in [0.2, 0.25) is 5.15 Å². The van der Waals surface area contributed by atoms with Crippen LogP contribution < -0.4 is 11.2 Å². The van der Waals surface area contributed by atoms with Crippen LogP contribution in [0.15, 0.2) is 51.5 Å². The maximum atomic E-state index is 13.1. The highest BCUT2D eigenvalue weighted by atomic mass is 35.5. The highest BCUT2D eigenvalue weighted by Crippen LogP contribution is 2.59. The Labute approximate surface area is 205 Å². The number of benzene rings is 1. The van der Waals surface area contributed by atoms with Gasteiger partial charge in [0.25, 0.3) is 5.56 Å². The predicted octanol–water partition coefficient (Wildman–Crippen LogP) is 3.54. The fourth-order valence-corrected chi connectivity index (χ4v) is 5.64. The van der Waals surface area contributed by atoms with Crippen molar-refractivity contribution in [3.63, 3.8) is 0 Å². The Morgan fingerprint density at radius 3 is 2.83 bits per heavy atom. The average Bonchev–Trinajstić information content (AvgIpc) is 3.38. The van der Waals surface area contributed by atoms with Gasteiger partial charge in [0.15, 0.2) is 5.15 Å². The molecule has 1 saturated carbocycles. The third-order valence-electron chi connectivity index (χ3n) is 7.12. The van der Waals surface area contributed by atoms with E-state index in [2.05, 4.69) is 25.2 Å². The smallest absolute Gasteiger partial charge is 0.313 e. The Morgan fingerprint density at radius 1 is 1.28 bits per heavy atom. The Kier molecular flexibility index (Phi) is 4.85. The lowest BCUT2D eigenvalue weighted by Gasteiger charge is -2.33. The van der Waals surface area contributed by atoms with E-state index < -0.39 is 29.4 Å². The number of H-pyrrole nitrogens is 2. The van der Waals surface area contributed by atoms with Crippen LogP contribution in [0.1, 0.15) is 42.6 Å². The molecule has 2 aliphatic rings. The lowest BCUT2D eigenvalue weighted by Crippen LogP contribution is -2.38. The van der Waals surface area contributed by atoms with Gasteiger partial charge in [-0.15, -0.1) is 0 Å². The van der Waals surface area contributed by atoms with Gasteiger partial charge in [0.2, 0.25) is 0 Å². The zero-order valence-corrected chi connectivity index (χ0v) is 19.6. The largest absolute Gasteiger partial charge is 0.408 e. The Balaban J connectivity index is 1.36. The van der Waals surface area contributed by atoms with Crippen molar-refractivity contribution in [1.29, 1.82) is 0 Å². The molecule has 4 heterocycles. The van der Waals surface area contributed by atoms with Crippen LogP contribution in [0.25, 0.3) is 10.9 Å². The van der Waals surface area contributed by atoms with Gasteiger partial charge in [0.1, 0.15) is 12.4 Å². The molecule has 3 atom stereocenters. The number of aromatic amines is 2. The summed E-state index contributed by atoms with van der Waals surface area (Å²) in [4.78, 5) is 33.2. The summed E-state index contributed by atoms with van der Waals surface area (Å²) in [5, 5.41) is 8.92. The first-order chi connectivity index (χ1) is 17.0. The molecule has 1 aliphatic carbocycles. The molecule has 3 aromatic heterocycles. The summed E-state index contributed by atoms with van der Waals surface area (Å²) >= 11 is 6.09. The molecule has 4 aromatic rings. The van der Waals surface area contributed by atoms with Gasteiger partial charge < -0.3 is 4.98 Å². The van der Waals surface area contributed by atoms with Crippen molar-refractivity contribution in [1.82, 2.24) is 29.4 Å². The standard InChI is InChI=1S/C23H19ClF3N7O2/c1-22(8-16(31-33-5-4-28-20(22)33)14-9-29-21(36)30-19(14)35)15-7-13(15)11-2-3-12-17(6-11)34(32-18(12)24)10-23(25,26)27/h2-6,9,13,15H,7-8,10H2,1H3,(H2,29,30,35,36)/t13-,15+,22?/m1/s1. The van der Waals surface area contributed by atoms with Crippen LogP contribution in [0.3, 0.4) is 0 Å². The molecule has 36 heavy (non-hydrogen) atoms. The van der Waals surface area contributed by atoms with Gasteiger partial charge >= 0.3 is 11.9 Å². The number of nitrogens with one attached hydrogen (secondary N) is 2. The molecule has 1 unspecified atom stereocenters. The maximum absolute atomic E-state index is 13.1. The average molecular weight is 518 g/mol. The van der Waals surface area contributed by atoms with Crippen molar-refractivity contribution >= 4 is 28.2 Å². The van der Waals surface area contributed by atoms with E-state index in [0.29, 0.717) is 23.0 Å². The van der Waals surface area contributed by atoms with E-state index in [9.17, 15) is 22.8 Å². The number of hydrogen-bond donors (Lipinski definition) is 2. The zero-order valence-electron chi connectivity index (χ0n) is 18.8. The van der Waals surface area contributed by atoms with Crippen LogP contribution in [0, 0.1) is 5.92 Å². The summed E-state index contributed by atoms with van der Waals surface area (Å²) in [6.45, 7) is 0.824. The first-order valence-corrected chi connectivity index (χ1v) is 11.6. The molecular formula is C23H19ClF3N7O2. The molecule has 6 rings (SSSR count). The molecule has 0 bridgehead atoms. The Morgan fingerprint density at radius 2 is 2.08 bits per heavy atom. The van der Waals surface area contributed by atoms with Crippen LogP contribution in [-0.4, -0.2) is 41.3 Å². The number of aromatic nitrogens is 6. The maximum Gasteiger partial charge on any atom is 0.408 e. The van der Waals surface area contributed by atoms with Gasteiger partial charge in [0.05, 0.1) is 16.8 Å². The highest BCUT2D eigenvalue weighted by molar-refractivity contribution is 6.34. The summed E-state index contributed by atoms with van der Waals surface area (Å²) in [5.41, 5.74) is 0.355. The number of alkyl halides is 3. The minimum Gasteiger partial charge on any atom is -0.313 e. The van der Waals surface area contributed by atoms with E-state index in [1.807, 2.05) is 13.0 Å². The summed E-state index contributed by atoms with van der Waals surface area (Å²) in [6.07, 6.45) is 1.45. The fraction of sp³-hybridized carbons (Fsp3) is 0.348. The van der Waals surface area contributed by atoms with Crippen LogP contribution in [-0.2, 0) is 12.0 Å². The third-order valence-corrected chi connectivity index (χ3v) is 7.40. The van der Waals surface area contributed by atoms with E-state index in [1.54, 1.807) is 29.2 Å².